The van der Waals surface area contributed by atoms with Crippen LogP contribution in [0.4, 0.5) is 0 Å². The molecule has 0 aromatic rings. The zero-order chi connectivity index (χ0) is 9.28. The van der Waals surface area contributed by atoms with E-state index in [1.165, 1.54) is 6.54 Å². The predicted octanol–water partition coefficient (Wildman–Crippen LogP) is 0.787. The van der Waals surface area contributed by atoms with Gasteiger partial charge >= 0.3 is 0 Å². The fraction of sp³-hybridized carbons (Fsp3) is 1.00. The van der Waals surface area contributed by atoms with Crippen LogP contribution in [-0.4, -0.2) is 63.8 Å². The lowest BCUT2D eigenvalue weighted by Crippen LogP contribution is -2.52. The van der Waals surface area contributed by atoms with Crippen molar-refractivity contribution in [2.24, 2.45) is 0 Å². The third kappa shape index (κ3) is 5.22. The highest BCUT2D eigenvalue weighted by atomic mass is 15.4. The molecule has 0 aliphatic rings. The van der Waals surface area contributed by atoms with Gasteiger partial charge in [0.15, 0.2) is 0 Å². The average molecular weight is 160 g/mol. The molecule has 0 amide bonds. The zero-order valence-corrected chi connectivity index (χ0v) is 9.18. The molecule has 11 heavy (non-hydrogen) atoms. The van der Waals surface area contributed by atoms with Crippen molar-refractivity contribution in [3.63, 3.8) is 0 Å². The van der Waals surface area contributed by atoms with Crippen molar-refractivity contribution in [1.29, 1.82) is 0 Å². The fourth-order valence-electron chi connectivity index (χ4n) is 1.04. The maximum absolute atomic E-state index is 2.31. The fourth-order valence-corrected chi connectivity index (χ4v) is 1.04. The first-order valence-corrected chi connectivity index (χ1v) is 4.24. The molecule has 0 radical (unpaired) electrons. The molecule has 1 unspecified atom stereocenters. The lowest BCUT2D eigenvalue weighted by Gasteiger charge is -2.36. The van der Waals surface area contributed by atoms with Gasteiger partial charge in [-0.25, -0.2) is 0 Å². The Bertz CT molecular complexity index is 117. The van der Waals surface area contributed by atoms with Crippen LogP contribution >= 0.6 is 0 Å². The van der Waals surface area contributed by atoms with Crippen LogP contribution in [0.1, 0.15) is 6.92 Å². The molecule has 0 saturated heterocycles. The van der Waals surface area contributed by atoms with Crippen LogP contribution in [0.3, 0.4) is 0 Å². The Morgan fingerprint density at radius 2 is 1.27 bits per heavy atom. The van der Waals surface area contributed by atoms with Crippen molar-refractivity contribution >= 4 is 0 Å². The summed E-state index contributed by atoms with van der Waals surface area (Å²) in [5.41, 5.74) is 0. The van der Waals surface area contributed by atoms with Crippen molar-refractivity contribution in [3.05, 3.63) is 0 Å². The second-order valence-corrected chi connectivity index (χ2v) is 5.44. The molecule has 0 fully saturated rings. The molecule has 0 saturated carbocycles. The number of likely N-dealkylation sites (N-methyl/N-ethyl adjacent to an activating group) is 2. The molecule has 0 spiro atoms. The van der Waals surface area contributed by atoms with Gasteiger partial charge in [0, 0.05) is 0 Å². The van der Waals surface area contributed by atoms with Gasteiger partial charge in [0.05, 0.1) is 42.3 Å². The molecule has 0 aliphatic heterocycles. The quantitative estimate of drug-likeness (QED) is 0.535. The Kier molecular flexibility index (Phi) is 3.09. The summed E-state index contributed by atoms with van der Waals surface area (Å²) >= 11 is 0. The van der Waals surface area contributed by atoms with Gasteiger partial charge in [0.1, 0.15) is 12.6 Å². The summed E-state index contributed by atoms with van der Waals surface area (Å²) in [6, 6.07) is 0.718. The summed E-state index contributed by atoms with van der Waals surface area (Å²) in [7, 11) is 13.5. The highest BCUT2D eigenvalue weighted by Gasteiger charge is 2.24. The second kappa shape index (κ2) is 3.11. The van der Waals surface area contributed by atoms with Crippen molar-refractivity contribution in [2.75, 3.05) is 48.8 Å². The first-order chi connectivity index (χ1) is 4.63. The lowest BCUT2D eigenvalue weighted by atomic mass is 10.2. The molecule has 0 heterocycles. The highest BCUT2D eigenvalue weighted by molar-refractivity contribution is 4.45. The van der Waals surface area contributed by atoms with Crippen molar-refractivity contribution < 1.29 is 8.97 Å². The predicted molar refractivity (Wildman–Crippen MR) is 50.4 cm³/mol. The number of quaternary nitrogens is 2. The van der Waals surface area contributed by atoms with Gasteiger partial charge in [0.25, 0.3) is 0 Å². The Labute approximate surface area is 71.6 Å². The van der Waals surface area contributed by atoms with Gasteiger partial charge in [-0.3, -0.25) is 0 Å². The maximum Gasteiger partial charge on any atom is 0.135 e. The van der Waals surface area contributed by atoms with Crippen LogP contribution in [0.25, 0.3) is 0 Å². The van der Waals surface area contributed by atoms with E-state index in [-0.39, 0.29) is 0 Å². The van der Waals surface area contributed by atoms with Crippen LogP contribution in [0, 0.1) is 0 Å². The molecule has 2 heteroatoms. The molecule has 0 aliphatic carbocycles. The van der Waals surface area contributed by atoms with Crippen LogP contribution in [-0.2, 0) is 0 Å². The highest BCUT2D eigenvalue weighted by Crippen LogP contribution is 2.05. The van der Waals surface area contributed by atoms with E-state index in [4.69, 9.17) is 0 Å². The van der Waals surface area contributed by atoms with Crippen molar-refractivity contribution in [3.8, 4) is 0 Å². The van der Waals surface area contributed by atoms with Gasteiger partial charge in [-0.1, -0.05) is 0 Å². The Hall–Kier alpha value is -0.0800. The second-order valence-electron chi connectivity index (χ2n) is 5.44. The first-order valence-electron chi connectivity index (χ1n) is 4.24. The van der Waals surface area contributed by atoms with Gasteiger partial charge in [-0.05, 0) is 6.92 Å². The largest absolute Gasteiger partial charge is 0.326 e. The monoisotopic (exact) mass is 160 g/mol. The molecule has 0 N–H and O–H groups in total. The Balaban J connectivity index is 3.99. The lowest BCUT2D eigenvalue weighted by molar-refractivity contribution is -0.945. The average Bonchev–Trinajstić information content (AvgIpc) is 1.56. The summed E-state index contributed by atoms with van der Waals surface area (Å²) < 4.78 is 2.10. The molecule has 1 atom stereocenters. The molecular weight excluding hydrogens is 136 g/mol. The summed E-state index contributed by atoms with van der Waals surface area (Å²) in [6.07, 6.45) is 0. The third-order valence-corrected chi connectivity index (χ3v) is 2.13. The van der Waals surface area contributed by atoms with E-state index in [1.54, 1.807) is 0 Å². The topological polar surface area (TPSA) is 0 Å². The van der Waals surface area contributed by atoms with E-state index < -0.39 is 0 Å². The van der Waals surface area contributed by atoms with Gasteiger partial charge in [-0.15, -0.1) is 0 Å². The van der Waals surface area contributed by atoms with E-state index in [2.05, 4.69) is 49.2 Å². The smallest absolute Gasteiger partial charge is 0.135 e. The van der Waals surface area contributed by atoms with Crippen LogP contribution < -0.4 is 0 Å². The van der Waals surface area contributed by atoms with E-state index in [1.807, 2.05) is 0 Å². The summed E-state index contributed by atoms with van der Waals surface area (Å²) in [5.74, 6) is 0. The normalized spacial score (nSPS) is 16.6. The Morgan fingerprint density at radius 3 is 1.36 bits per heavy atom. The van der Waals surface area contributed by atoms with E-state index in [9.17, 15) is 0 Å². The standard InChI is InChI=1S/C9H24N2/c1-9(11(5,6)7)8-10(2,3)4/h9H,8H2,1-7H3/q+2. The number of nitrogens with zero attached hydrogens (tertiary/aromatic N) is 2. The van der Waals surface area contributed by atoms with E-state index in [0.29, 0.717) is 0 Å². The maximum atomic E-state index is 2.31. The minimum absolute atomic E-state index is 0.718. The van der Waals surface area contributed by atoms with E-state index in [0.717, 1.165) is 15.0 Å². The first kappa shape index (κ1) is 10.9. The molecule has 0 aromatic heterocycles. The van der Waals surface area contributed by atoms with Crippen LogP contribution in [0.5, 0.6) is 0 Å². The minimum atomic E-state index is 0.718. The van der Waals surface area contributed by atoms with Crippen molar-refractivity contribution in [2.45, 2.75) is 13.0 Å². The Morgan fingerprint density at radius 1 is 0.909 bits per heavy atom. The summed E-state index contributed by atoms with van der Waals surface area (Å²) in [6.45, 7) is 3.53. The molecule has 68 valence electrons. The van der Waals surface area contributed by atoms with Gasteiger partial charge in [0.2, 0.25) is 0 Å². The molecule has 0 bridgehead atoms. The summed E-state index contributed by atoms with van der Waals surface area (Å²) in [5, 5.41) is 0. The SMILES string of the molecule is CC(C[N+](C)(C)C)[N+](C)(C)C. The third-order valence-electron chi connectivity index (χ3n) is 2.13. The molecular formula is C9H24N2+2. The van der Waals surface area contributed by atoms with Crippen LogP contribution in [0.15, 0.2) is 0 Å². The van der Waals surface area contributed by atoms with Crippen molar-refractivity contribution in [1.82, 2.24) is 0 Å². The zero-order valence-electron chi connectivity index (χ0n) is 9.18. The summed E-state index contributed by atoms with van der Waals surface area (Å²) in [4.78, 5) is 0. The van der Waals surface area contributed by atoms with E-state index >= 15 is 0 Å². The van der Waals surface area contributed by atoms with Crippen LogP contribution in [0.2, 0.25) is 0 Å². The molecule has 0 rings (SSSR count). The number of hydrogen-bond acceptors (Lipinski definition) is 0. The van der Waals surface area contributed by atoms with Gasteiger partial charge < -0.3 is 8.97 Å². The number of hydrogen-bond donors (Lipinski definition) is 0. The molecule has 0 aromatic carbocycles. The molecule has 2 nitrogen and oxygen atoms in total. The van der Waals surface area contributed by atoms with Gasteiger partial charge in [-0.2, -0.15) is 0 Å². The minimum Gasteiger partial charge on any atom is -0.326 e. The number of rotatable bonds is 3.